The van der Waals surface area contributed by atoms with Crippen molar-refractivity contribution in [1.29, 1.82) is 0 Å². The van der Waals surface area contributed by atoms with Gasteiger partial charge in [-0.1, -0.05) is 13.3 Å². The summed E-state index contributed by atoms with van der Waals surface area (Å²) in [5.74, 6) is -2.49. The lowest BCUT2D eigenvalue weighted by Gasteiger charge is -2.47. The highest BCUT2D eigenvalue weighted by Gasteiger charge is 2.56. The van der Waals surface area contributed by atoms with Gasteiger partial charge in [0.25, 0.3) is 5.92 Å². The summed E-state index contributed by atoms with van der Waals surface area (Å²) in [6.45, 7) is 3.27. The zero-order chi connectivity index (χ0) is 10.7. The average molecular weight is 207 g/mol. The van der Waals surface area contributed by atoms with Crippen LogP contribution in [0.15, 0.2) is 0 Å². The molecule has 0 amide bonds. The zero-order valence-electron chi connectivity index (χ0n) is 8.91. The lowest BCUT2D eigenvalue weighted by atomic mass is 9.74. The van der Waals surface area contributed by atoms with Crippen molar-refractivity contribution in [2.45, 2.75) is 44.1 Å². The third-order valence-electron chi connectivity index (χ3n) is 2.64. The predicted octanol–water partition coefficient (Wildman–Crippen LogP) is 2.19. The fourth-order valence-electron chi connectivity index (χ4n) is 2.02. The maximum Gasteiger partial charge on any atom is 0.251 e. The van der Waals surface area contributed by atoms with Gasteiger partial charge >= 0.3 is 0 Å². The monoisotopic (exact) mass is 207 g/mol. The van der Waals surface area contributed by atoms with Crippen molar-refractivity contribution in [1.82, 2.24) is 5.32 Å². The lowest BCUT2D eigenvalue weighted by Crippen LogP contribution is -2.63. The molecule has 0 aromatic rings. The summed E-state index contributed by atoms with van der Waals surface area (Å²) >= 11 is 0. The molecule has 0 aromatic heterocycles. The van der Waals surface area contributed by atoms with Crippen LogP contribution in [0.25, 0.3) is 0 Å². The van der Waals surface area contributed by atoms with Crippen LogP contribution in [0.4, 0.5) is 8.78 Å². The largest absolute Gasteiger partial charge is 0.383 e. The van der Waals surface area contributed by atoms with Crippen LogP contribution in [-0.4, -0.2) is 31.7 Å². The van der Waals surface area contributed by atoms with Crippen LogP contribution in [0, 0.1) is 0 Å². The fraction of sp³-hybridized carbons (Fsp3) is 1.00. The van der Waals surface area contributed by atoms with E-state index in [0.717, 1.165) is 19.4 Å². The minimum absolute atomic E-state index is 0.0858. The number of hydrogen-bond donors (Lipinski definition) is 1. The summed E-state index contributed by atoms with van der Waals surface area (Å²) in [5, 5.41) is 3.19. The Kier molecular flexibility index (Phi) is 3.84. The number of nitrogens with one attached hydrogen (secondary N) is 1. The molecule has 14 heavy (non-hydrogen) atoms. The molecule has 2 nitrogen and oxygen atoms in total. The summed E-state index contributed by atoms with van der Waals surface area (Å²) in [6.07, 6.45) is 1.93. The molecule has 0 spiro atoms. The maximum absolute atomic E-state index is 12.8. The zero-order valence-corrected chi connectivity index (χ0v) is 8.91. The Morgan fingerprint density at radius 1 is 1.36 bits per heavy atom. The molecular weight excluding hydrogens is 188 g/mol. The minimum atomic E-state index is -2.49. The second kappa shape index (κ2) is 4.53. The first-order chi connectivity index (χ1) is 6.54. The van der Waals surface area contributed by atoms with E-state index in [9.17, 15) is 8.78 Å². The smallest absolute Gasteiger partial charge is 0.251 e. The van der Waals surface area contributed by atoms with Crippen LogP contribution in [0.2, 0.25) is 0 Å². The van der Waals surface area contributed by atoms with Crippen LogP contribution in [0.3, 0.4) is 0 Å². The van der Waals surface area contributed by atoms with Crippen molar-refractivity contribution in [3.63, 3.8) is 0 Å². The Labute approximate surface area is 84.0 Å². The van der Waals surface area contributed by atoms with Gasteiger partial charge in [0.05, 0.1) is 12.1 Å². The molecule has 1 fully saturated rings. The van der Waals surface area contributed by atoms with Gasteiger partial charge in [-0.25, -0.2) is 8.78 Å². The van der Waals surface area contributed by atoms with Gasteiger partial charge in [-0.05, 0) is 13.0 Å². The highest BCUT2D eigenvalue weighted by Crippen LogP contribution is 2.45. The molecule has 4 heteroatoms. The first-order valence-corrected chi connectivity index (χ1v) is 5.15. The maximum atomic E-state index is 12.8. The van der Waals surface area contributed by atoms with Crippen LogP contribution in [0.1, 0.15) is 32.6 Å². The molecule has 0 bridgehead atoms. The summed E-state index contributed by atoms with van der Waals surface area (Å²) < 4.78 is 30.5. The Balaban J connectivity index is 2.33. The Morgan fingerprint density at radius 3 is 2.43 bits per heavy atom. The number of ether oxygens (including phenoxy) is 1. The van der Waals surface area contributed by atoms with Gasteiger partial charge in [-0.3, -0.25) is 0 Å². The number of rotatable bonds is 6. The molecule has 0 saturated heterocycles. The van der Waals surface area contributed by atoms with E-state index in [1.54, 1.807) is 7.11 Å². The Bertz CT molecular complexity index is 177. The van der Waals surface area contributed by atoms with Crippen molar-refractivity contribution < 1.29 is 13.5 Å². The molecule has 0 heterocycles. The van der Waals surface area contributed by atoms with E-state index in [0.29, 0.717) is 6.61 Å². The second-order valence-corrected chi connectivity index (χ2v) is 4.20. The standard InChI is InChI=1S/C10H19F2NO/c1-3-4-5-13-9(8-14-2)6-10(11,12)7-9/h13H,3-8H2,1-2H3. The molecule has 1 aliphatic rings. The van der Waals surface area contributed by atoms with Gasteiger partial charge in [-0.2, -0.15) is 0 Å². The van der Waals surface area contributed by atoms with Gasteiger partial charge in [0.1, 0.15) is 0 Å². The molecule has 1 aliphatic carbocycles. The van der Waals surface area contributed by atoms with Crippen LogP contribution in [-0.2, 0) is 4.74 Å². The second-order valence-electron chi connectivity index (χ2n) is 4.20. The van der Waals surface area contributed by atoms with Crippen molar-refractivity contribution in [2.24, 2.45) is 0 Å². The number of alkyl halides is 2. The van der Waals surface area contributed by atoms with E-state index in [1.165, 1.54) is 0 Å². The van der Waals surface area contributed by atoms with Crippen molar-refractivity contribution in [3.05, 3.63) is 0 Å². The van der Waals surface area contributed by atoms with Gasteiger partial charge in [0, 0.05) is 20.0 Å². The van der Waals surface area contributed by atoms with E-state index >= 15 is 0 Å². The molecule has 0 aromatic carbocycles. The molecule has 1 N–H and O–H groups in total. The van der Waals surface area contributed by atoms with Crippen LogP contribution >= 0.6 is 0 Å². The number of halogens is 2. The van der Waals surface area contributed by atoms with Gasteiger partial charge in [-0.15, -0.1) is 0 Å². The van der Waals surface area contributed by atoms with Crippen LogP contribution in [0.5, 0.6) is 0 Å². The average Bonchev–Trinajstić information content (AvgIpc) is 2.01. The Morgan fingerprint density at radius 2 is 2.00 bits per heavy atom. The predicted molar refractivity (Wildman–Crippen MR) is 51.7 cm³/mol. The molecule has 84 valence electrons. The van der Waals surface area contributed by atoms with Crippen LogP contribution < -0.4 is 5.32 Å². The van der Waals surface area contributed by atoms with Gasteiger partial charge in [0.2, 0.25) is 0 Å². The topological polar surface area (TPSA) is 21.3 Å². The Hall–Kier alpha value is -0.220. The number of hydrogen-bond acceptors (Lipinski definition) is 2. The van der Waals surface area contributed by atoms with E-state index in [4.69, 9.17) is 4.74 Å². The summed E-state index contributed by atoms with van der Waals surface area (Å²) in [4.78, 5) is 0. The first-order valence-electron chi connectivity index (χ1n) is 5.15. The SMILES string of the molecule is CCCCNC1(COC)CC(F)(F)C1. The molecule has 0 aliphatic heterocycles. The summed E-state index contributed by atoms with van der Waals surface area (Å²) in [5.41, 5.74) is -0.465. The van der Waals surface area contributed by atoms with Crippen molar-refractivity contribution >= 4 is 0 Å². The van der Waals surface area contributed by atoms with Crippen molar-refractivity contribution in [3.8, 4) is 0 Å². The lowest BCUT2D eigenvalue weighted by molar-refractivity contribution is -0.150. The highest BCUT2D eigenvalue weighted by molar-refractivity contribution is 5.05. The first kappa shape index (κ1) is 11.9. The minimum Gasteiger partial charge on any atom is -0.383 e. The van der Waals surface area contributed by atoms with Crippen molar-refractivity contribution in [2.75, 3.05) is 20.3 Å². The van der Waals surface area contributed by atoms with Gasteiger partial charge < -0.3 is 10.1 Å². The molecule has 0 atom stereocenters. The number of unbranched alkanes of at least 4 members (excludes halogenated alkanes) is 1. The molecule has 0 unspecified atom stereocenters. The highest BCUT2D eigenvalue weighted by atomic mass is 19.3. The normalized spacial score (nSPS) is 23.1. The fourth-order valence-corrected chi connectivity index (χ4v) is 2.02. The summed E-state index contributed by atoms with van der Waals surface area (Å²) in [7, 11) is 1.56. The van der Waals surface area contributed by atoms with E-state index in [1.807, 2.05) is 0 Å². The van der Waals surface area contributed by atoms with E-state index in [2.05, 4.69) is 12.2 Å². The van der Waals surface area contributed by atoms with E-state index < -0.39 is 11.5 Å². The quantitative estimate of drug-likeness (QED) is 0.674. The molecular formula is C10H19F2NO. The molecule has 0 radical (unpaired) electrons. The third kappa shape index (κ3) is 2.89. The van der Waals surface area contributed by atoms with Gasteiger partial charge in [0.15, 0.2) is 0 Å². The third-order valence-corrected chi connectivity index (χ3v) is 2.64. The number of methoxy groups -OCH3 is 1. The summed E-state index contributed by atoms with van der Waals surface area (Å²) in [6, 6.07) is 0. The molecule has 1 rings (SSSR count). The molecule has 1 saturated carbocycles. The van der Waals surface area contributed by atoms with E-state index in [-0.39, 0.29) is 12.8 Å².